The molecule has 1 unspecified atom stereocenters. The molecule has 202 valence electrons. The number of para-hydroxylation sites is 2. The molecule has 1 atom stereocenters. The Morgan fingerprint density at radius 3 is 2.46 bits per heavy atom. The standard InChI is InChI=1S/C30H20N4O6S/c35-27-17-26(41-23-14-10-20(11-15-23)31-28(36)19-4-3-5-22(16-19)34(38)39)30(37)33(27)21-12-8-18(9-13-21)29-32-24-6-1-2-7-25(24)40-29/h1-16,26H,17H2,(H,31,36). The van der Waals surface area contributed by atoms with Gasteiger partial charge in [0.25, 0.3) is 11.6 Å². The summed E-state index contributed by atoms with van der Waals surface area (Å²) in [6.07, 6.45) is 0.0572. The quantitative estimate of drug-likeness (QED) is 0.143. The molecule has 41 heavy (non-hydrogen) atoms. The summed E-state index contributed by atoms with van der Waals surface area (Å²) in [5, 5.41) is 13.1. The lowest BCUT2D eigenvalue weighted by atomic mass is 10.2. The van der Waals surface area contributed by atoms with E-state index in [1.807, 2.05) is 24.3 Å². The molecule has 0 spiro atoms. The number of imide groups is 1. The second kappa shape index (κ2) is 10.7. The number of oxazole rings is 1. The van der Waals surface area contributed by atoms with Gasteiger partial charge in [0.2, 0.25) is 17.7 Å². The number of nitro groups is 1. The molecule has 3 amide bonds. The molecule has 4 aromatic carbocycles. The summed E-state index contributed by atoms with van der Waals surface area (Å²) in [7, 11) is 0. The second-order valence-electron chi connectivity index (χ2n) is 9.20. The molecule has 1 saturated heterocycles. The lowest BCUT2D eigenvalue weighted by molar-refractivity contribution is -0.384. The minimum atomic E-state index is -0.593. The highest BCUT2D eigenvalue weighted by Crippen LogP contribution is 2.35. The molecule has 6 rings (SSSR count). The number of hydrogen-bond acceptors (Lipinski definition) is 8. The first kappa shape index (κ1) is 26.0. The summed E-state index contributed by atoms with van der Waals surface area (Å²) in [4.78, 5) is 55.3. The highest BCUT2D eigenvalue weighted by atomic mass is 32.2. The van der Waals surface area contributed by atoms with Crippen LogP contribution in [0.25, 0.3) is 22.6 Å². The number of fused-ring (bicyclic) bond motifs is 1. The molecule has 0 saturated carbocycles. The van der Waals surface area contributed by atoms with Gasteiger partial charge in [0.1, 0.15) is 5.52 Å². The van der Waals surface area contributed by atoms with Gasteiger partial charge in [-0.25, -0.2) is 9.88 Å². The Balaban J connectivity index is 1.10. The van der Waals surface area contributed by atoms with Crippen molar-refractivity contribution in [3.05, 3.63) is 113 Å². The molecule has 2 heterocycles. The maximum atomic E-state index is 13.2. The van der Waals surface area contributed by atoms with E-state index in [1.54, 1.807) is 48.5 Å². The van der Waals surface area contributed by atoms with Crippen molar-refractivity contribution >= 4 is 57.6 Å². The molecule has 1 aliphatic heterocycles. The van der Waals surface area contributed by atoms with Crippen LogP contribution < -0.4 is 10.2 Å². The van der Waals surface area contributed by atoms with Crippen molar-refractivity contribution in [2.75, 3.05) is 10.2 Å². The molecular weight excluding hydrogens is 544 g/mol. The summed E-state index contributed by atoms with van der Waals surface area (Å²) in [5.74, 6) is -0.626. The molecular formula is C30H20N4O6S. The molecule has 0 bridgehead atoms. The average molecular weight is 565 g/mol. The van der Waals surface area contributed by atoms with E-state index in [2.05, 4.69) is 10.3 Å². The molecule has 0 aliphatic carbocycles. The number of anilines is 2. The van der Waals surface area contributed by atoms with E-state index >= 15 is 0 Å². The van der Waals surface area contributed by atoms with E-state index in [4.69, 9.17) is 4.42 Å². The number of amides is 3. The monoisotopic (exact) mass is 564 g/mol. The van der Waals surface area contributed by atoms with Crippen molar-refractivity contribution in [3.63, 3.8) is 0 Å². The number of aromatic nitrogens is 1. The van der Waals surface area contributed by atoms with Crippen LogP contribution >= 0.6 is 11.8 Å². The maximum Gasteiger partial charge on any atom is 0.270 e. The lowest BCUT2D eigenvalue weighted by Gasteiger charge is -2.15. The Kier molecular flexibility index (Phi) is 6.78. The summed E-state index contributed by atoms with van der Waals surface area (Å²) in [6.45, 7) is 0. The predicted octanol–water partition coefficient (Wildman–Crippen LogP) is 6.08. The number of nitro benzene ring substituents is 1. The number of hydrogen-bond donors (Lipinski definition) is 1. The van der Waals surface area contributed by atoms with Crippen LogP contribution in [0, 0.1) is 10.1 Å². The van der Waals surface area contributed by atoms with Crippen molar-refractivity contribution in [1.29, 1.82) is 0 Å². The summed E-state index contributed by atoms with van der Waals surface area (Å²) < 4.78 is 5.80. The second-order valence-corrected chi connectivity index (χ2v) is 10.5. The molecule has 1 aromatic heterocycles. The Morgan fingerprint density at radius 1 is 0.976 bits per heavy atom. The van der Waals surface area contributed by atoms with Crippen LogP contribution in [0.1, 0.15) is 16.8 Å². The first-order valence-electron chi connectivity index (χ1n) is 12.5. The smallest absolute Gasteiger partial charge is 0.270 e. The van der Waals surface area contributed by atoms with Gasteiger partial charge in [0, 0.05) is 40.3 Å². The van der Waals surface area contributed by atoms with Crippen LogP contribution in [-0.4, -0.2) is 32.9 Å². The molecule has 11 heteroatoms. The number of carbonyl (C=O) groups is 3. The first-order chi connectivity index (χ1) is 19.9. The predicted molar refractivity (Wildman–Crippen MR) is 154 cm³/mol. The normalized spacial score (nSPS) is 14.9. The van der Waals surface area contributed by atoms with Gasteiger partial charge in [0.15, 0.2) is 5.58 Å². The SMILES string of the molecule is O=C(Nc1ccc(SC2CC(=O)N(c3ccc(-c4nc5ccccc5o4)cc3)C2=O)cc1)c1cccc([N+](=O)[O-])c1. The Labute approximate surface area is 237 Å². The van der Waals surface area contributed by atoms with Crippen molar-refractivity contribution < 1.29 is 23.7 Å². The van der Waals surface area contributed by atoms with Crippen molar-refractivity contribution in [2.45, 2.75) is 16.6 Å². The van der Waals surface area contributed by atoms with Gasteiger partial charge >= 0.3 is 0 Å². The van der Waals surface area contributed by atoms with E-state index in [9.17, 15) is 24.5 Å². The summed E-state index contributed by atoms with van der Waals surface area (Å²) in [5.41, 5.74) is 3.10. The largest absolute Gasteiger partial charge is 0.436 e. The Hall–Kier alpha value is -5.29. The first-order valence-corrected chi connectivity index (χ1v) is 13.4. The van der Waals surface area contributed by atoms with E-state index in [1.165, 1.54) is 40.9 Å². The van der Waals surface area contributed by atoms with E-state index in [-0.39, 0.29) is 29.5 Å². The van der Waals surface area contributed by atoms with Crippen molar-refractivity contribution in [3.8, 4) is 11.5 Å². The third-order valence-electron chi connectivity index (χ3n) is 6.48. The van der Waals surface area contributed by atoms with Gasteiger partial charge in [0.05, 0.1) is 15.9 Å². The van der Waals surface area contributed by atoms with Gasteiger partial charge in [-0.2, -0.15) is 0 Å². The fraction of sp³-hybridized carbons (Fsp3) is 0.0667. The van der Waals surface area contributed by atoms with E-state index < -0.39 is 16.1 Å². The minimum Gasteiger partial charge on any atom is -0.436 e. The van der Waals surface area contributed by atoms with Gasteiger partial charge in [-0.3, -0.25) is 24.5 Å². The number of benzene rings is 4. The number of non-ortho nitro benzene ring substituents is 1. The number of carbonyl (C=O) groups excluding carboxylic acids is 3. The van der Waals surface area contributed by atoms with Gasteiger partial charge in [-0.1, -0.05) is 18.2 Å². The zero-order chi connectivity index (χ0) is 28.5. The van der Waals surface area contributed by atoms with Crippen molar-refractivity contribution in [1.82, 2.24) is 4.98 Å². The number of nitrogens with one attached hydrogen (secondary N) is 1. The van der Waals surface area contributed by atoms with Gasteiger partial charge < -0.3 is 9.73 Å². The minimum absolute atomic E-state index is 0.0572. The zero-order valence-corrected chi connectivity index (χ0v) is 22.0. The number of nitrogens with zero attached hydrogens (tertiary/aromatic N) is 3. The van der Waals surface area contributed by atoms with Crippen LogP contribution in [-0.2, 0) is 9.59 Å². The zero-order valence-electron chi connectivity index (χ0n) is 21.2. The molecule has 1 aliphatic rings. The molecule has 1 fully saturated rings. The average Bonchev–Trinajstić information content (AvgIpc) is 3.54. The fourth-order valence-electron chi connectivity index (χ4n) is 4.46. The summed E-state index contributed by atoms with van der Waals surface area (Å²) >= 11 is 1.27. The van der Waals surface area contributed by atoms with Crippen molar-refractivity contribution in [2.24, 2.45) is 0 Å². The number of thioether (sulfide) groups is 1. The fourth-order valence-corrected chi connectivity index (χ4v) is 5.52. The van der Waals surface area contributed by atoms with Crippen LogP contribution in [0.5, 0.6) is 0 Å². The highest BCUT2D eigenvalue weighted by molar-refractivity contribution is 8.00. The lowest BCUT2D eigenvalue weighted by Crippen LogP contribution is -2.31. The van der Waals surface area contributed by atoms with Gasteiger partial charge in [-0.05, 0) is 66.7 Å². The van der Waals surface area contributed by atoms with Crippen LogP contribution in [0.4, 0.5) is 17.1 Å². The Morgan fingerprint density at radius 2 is 1.73 bits per heavy atom. The summed E-state index contributed by atoms with van der Waals surface area (Å²) in [6, 6.07) is 26.7. The number of rotatable bonds is 7. The molecule has 0 radical (unpaired) electrons. The van der Waals surface area contributed by atoms with Gasteiger partial charge in [-0.15, -0.1) is 11.8 Å². The van der Waals surface area contributed by atoms with Crippen LogP contribution in [0.15, 0.2) is 106 Å². The molecule has 5 aromatic rings. The topological polar surface area (TPSA) is 136 Å². The molecule has 10 nitrogen and oxygen atoms in total. The maximum absolute atomic E-state index is 13.2. The third kappa shape index (κ3) is 5.30. The highest BCUT2D eigenvalue weighted by Gasteiger charge is 2.40. The molecule has 1 N–H and O–H groups in total. The van der Waals surface area contributed by atoms with Crippen LogP contribution in [0.3, 0.4) is 0 Å². The van der Waals surface area contributed by atoms with E-state index in [0.717, 1.165) is 16.0 Å². The van der Waals surface area contributed by atoms with E-state index in [0.29, 0.717) is 22.8 Å². The van der Waals surface area contributed by atoms with Crippen LogP contribution in [0.2, 0.25) is 0 Å². The third-order valence-corrected chi connectivity index (χ3v) is 7.68. The Bertz CT molecular complexity index is 1780.